The van der Waals surface area contributed by atoms with Crippen molar-refractivity contribution in [2.75, 3.05) is 31.1 Å². The molecule has 0 radical (unpaired) electrons. The van der Waals surface area contributed by atoms with Gasteiger partial charge in [0.2, 0.25) is 0 Å². The van der Waals surface area contributed by atoms with Crippen LogP contribution in [0.4, 0.5) is 5.13 Å². The van der Waals surface area contributed by atoms with Crippen molar-refractivity contribution >= 4 is 33.2 Å². The van der Waals surface area contributed by atoms with Crippen molar-refractivity contribution in [3.8, 4) is 0 Å². The molecule has 0 bridgehead atoms. The van der Waals surface area contributed by atoms with E-state index in [1.54, 1.807) is 11.3 Å². The third-order valence-corrected chi connectivity index (χ3v) is 5.27. The van der Waals surface area contributed by atoms with Crippen LogP contribution >= 0.6 is 11.3 Å². The van der Waals surface area contributed by atoms with Gasteiger partial charge in [-0.05, 0) is 11.5 Å². The number of piperazine rings is 1. The molecule has 1 fully saturated rings. The molecule has 0 amide bonds. The van der Waals surface area contributed by atoms with E-state index in [9.17, 15) is 0 Å². The Bertz CT molecular complexity index is 863. The van der Waals surface area contributed by atoms with E-state index in [0.29, 0.717) is 12.5 Å². The summed E-state index contributed by atoms with van der Waals surface area (Å²) in [4.78, 5) is 17.9. The Balaban J connectivity index is 1.42. The van der Waals surface area contributed by atoms with Crippen LogP contribution in [0.15, 0.2) is 53.1 Å². The minimum Gasteiger partial charge on any atom is -0.370 e. The molecule has 1 aliphatic rings. The van der Waals surface area contributed by atoms with Gasteiger partial charge in [0.15, 0.2) is 11.1 Å². The molecule has 0 aliphatic carbocycles. The zero-order valence-electron chi connectivity index (χ0n) is 13.9. The quantitative estimate of drug-likeness (QED) is 0.579. The lowest BCUT2D eigenvalue weighted by atomic mass is 10.1. The lowest BCUT2D eigenvalue weighted by Gasteiger charge is -2.35. The zero-order valence-corrected chi connectivity index (χ0v) is 14.7. The maximum absolute atomic E-state index is 6.22. The molecule has 3 aromatic rings. The molecule has 0 saturated carbocycles. The van der Waals surface area contributed by atoms with Crippen LogP contribution in [-0.2, 0) is 6.54 Å². The van der Waals surface area contributed by atoms with Crippen molar-refractivity contribution in [2.24, 2.45) is 10.7 Å². The van der Waals surface area contributed by atoms with E-state index in [4.69, 9.17) is 5.73 Å². The molecule has 128 valence electrons. The number of aliphatic imine (C=N–C) groups is 1. The lowest BCUT2D eigenvalue weighted by molar-refractivity contribution is 0.380. The van der Waals surface area contributed by atoms with Gasteiger partial charge in [-0.2, -0.15) is 0 Å². The molecular weight excluding hydrogens is 332 g/mol. The maximum Gasteiger partial charge on any atom is 0.191 e. The molecule has 2 N–H and O–H groups in total. The summed E-state index contributed by atoms with van der Waals surface area (Å²) in [5.41, 5.74) is 7.18. The normalized spacial score (nSPS) is 15.8. The first kappa shape index (κ1) is 15.8. The van der Waals surface area contributed by atoms with Crippen molar-refractivity contribution in [3.05, 3.63) is 53.8 Å². The third kappa shape index (κ3) is 3.41. The number of thiazole rings is 1. The van der Waals surface area contributed by atoms with Crippen LogP contribution < -0.4 is 10.6 Å². The second kappa shape index (κ2) is 7.06. The number of nitrogens with zero attached hydrogens (tertiary/aromatic N) is 5. The van der Waals surface area contributed by atoms with Gasteiger partial charge >= 0.3 is 0 Å². The predicted molar refractivity (Wildman–Crippen MR) is 103 cm³/mol. The van der Waals surface area contributed by atoms with E-state index in [2.05, 4.69) is 36.9 Å². The number of aromatic nitrogens is 2. The highest BCUT2D eigenvalue weighted by Gasteiger charge is 2.19. The largest absolute Gasteiger partial charge is 0.370 e. The van der Waals surface area contributed by atoms with Crippen molar-refractivity contribution < 1.29 is 0 Å². The molecule has 1 aliphatic heterocycles. The molecule has 1 saturated heterocycles. The number of fused-ring (bicyclic) bond motifs is 1. The van der Waals surface area contributed by atoms with E-state index < -0.39 is 0 Å². The van der Waals surface area contributed by atoms with E-state index in [1.165, 1.54) is 5.39 Å². The van der Waals surface area contributed by atoms with Crippen molar-refractivity contribution in [2.45, 2.75) is 6.54 Å². The van der Waals surface area contributed by atoms with Crippen molar-refractivity contribution in [3.63, 3.8) is 0 Å². The Hall–Kier alpha value is -2.67. The molecule has 0 unspecified atom stereocenters. The fourth-order valence-electron chi connectivity index (χ4n) is 3.06. The number of hydrogen-bond donors (Lipinski definition) is 1. The summed E-state index contributed by atoms with van der Waals surface area (Å²) in [5, 5.41) is 5.40. The second-order valence-electron chi connectivity index (χ2n) is 5.94. The highest BCUT2D eigenvalue weighted by Crippen LogP contribution is 2.19. The van der Waals surface area contributed by atoms with Crippen molar-refractivity contribution in [1.82, 2.24) is 14.9 Å². The van der Waals surface area contributed by atoms with Gasteiger partial charge in [0, 0.05) is 49.3 Å². The Morgan fingerprint density at radius 3 is 2.72 bits per heavy atom. The van der Waals surface area contributed by atoms with E-state index in [0.717, 1.165) is 42.4 Å². The first-order valence-corrected chi connectivity index (χ1v) is 9.21. The minimum absolute atomic E-state index is 0.500. The van der Waals surface area contributed by atoms with Crippen LogP contribution in [0.25, 0.3) is 10.8 Å². The zero-order chi connectivity index (χ0) is 17.1. The number of nitrogens with two attached hydrogens (primary N) is 1. The smallest absolute Gasteiger partial charge is 0.191 e. The number of benzene rings is 1. The molecule has 0 atom stereocenters. The summed E-state index contributed by atoms with van der Waals surface area (Å²) in [6, 6.07) is 10.2. The average molecular weight is 352 g/mol. The van der Waals surface area contributed by atoms with Gasteiger partial charge in [-0.25, -0.2) is 9.98 Å². The Labute approximate surface area is 150 Å². The van der Waals surface area contributed by atoms with Gasteiger partial charge < -0.3 is 15.5 Å². The Kier molecular flexibility index (Phi) is 4.47. The molecule has 0 spiro atoms. The Morgan fingerprint density at radius 1 is 1.08 bits per heavy atom. The van der Waals surface area contributed by atoms with E-state index >= 15 is 0 Å². The first-order valence-electron chi connectivity index (χ1n) is 8.33. The molecule has 3 heterocycles. The van der Waals surface area contributed by atoms with Gasteiger partial charge in [-0.15, -0.1) is 11.3 Å². The van der Waals surface area contributed by atoms with Crippen LogP contribution in [0, 0.1) is 0 Å². The summed E-state index contributed by atoms with van der Waals surface area (Å²) in [6.45, 7) is 4.04. The molecular formula is C18H20N6S. The van der Waals surface area contributed by atoms with Gasteiger partial charge in [0.05, 0.1) is 12.2 Å². The summed E-state index contributed by atoms with van der Waals surface area (Å²) < 4.78 is 0. The Morgan fingerprint density at radius 2 is 1.92 bits per heavy atom. The fourth-order valence-corrected chi connectivity index (χ4v) is 3.76. The number of hydrogen-bond acceptors (Lipinski definition) is 5. The summed E-state index contributed by atoms with van der Waals surface area (Å²) in [7, 11) is 0. The van der Waals surface area contributed by atoms with Gasteiger partial charge in [-0.3, -0.25) is 4.98 Å². The molecule has 1 aromatic carbocycles. The number of rotatable bonds is 3. The standard InChI is InChI=1S/C18H20N6S/c19-17(23-8-10-24(11-9-23)18-21-7-12-25-18)22-13-16-15-4-2-1-3-14(15)5-6-20-16/h1-7,12H,8-11,13H2,(H2,19,22). The number of pyridine rings is 1. The third-order valence-electron chi connectivity index (χ3n) is 4.44. The van der Waals surface area contributed by atoms with Crippen LogP contribution in [0.1, 0.15) is 5.69 Å². The molecule has 2 aromatic heterocycles. The first-order chi connectivity index (χ1) is 12.3. The van der Waals surface area contributed by atoms with Gasteiger partial charge in [0.25, 0.3) is 0 Å². The molecule has 4 rings (SSSR count). The fraction of sp³-hybridized carbons (Fsp3) is 0.278. The minimum atomic E-state index is 0.500. The van der Waals surface area contributed by atoms with Crippen molar-refractivity contribution in [1.29, 1.82) is 0 Å². The van der Waals surface area contributed by atoms with Crippen LogP contribution in [0.3, 0.4) is 0 Å². The van der Waals surface area contributed by atoms with Crippen LogP contribution in [-0.4, -0.2) is 47.0 Å². The van der Waals surface area contributed by atoms with Gasteiger partial charge in [0.1, 0.15) is 0 Å². The highest BCUT2D eigenvalue weighted by atomic mass is 32.1. The molecule has 6 nitrogen and oxygen atoms in total. The molecule has 7 heteroatoms. The summed E-state index contributed by atoms with van der Waals surface area (Å²) in [6.07, 6.45) is 3.68. The SMILES string of the molecule is NC(=NCc1nccc2ccccc12)N1CCN(c2nccs2)CC1. The van der Waals surface area contributed by atoms with E-state index in [-0.39, 0.29) is 0 Å². The second-order valence-corrected chi connectivity index (χ2v) is 6.81. The maximum atomic E-state index is 6.22. The number of guanidine groups is 1. The van der Waals surface area contributed by atoms with Crippen LogP contribution in [0.5, 0.6) is 0 Å². The summed E-state index contributed by atoms with van der Waals surface area (Å²) in [5.74, 6) is 0.591. The van der Waals surface area contributed by atoms with Gasteiger partial charge in [-0.1, -0.05) is 24.3 Å². The topological polar surface area (TPSA) is 70.6 Å². The summed E-state index contributed by atoms with van der Waals surface area (Å²) >= 11 is 1.67. The highest BCUT2D eigenvalue weighted by molar-refractivity contribution is 7.13. The van der Waals surface area contributed by atoms with Crippen LogP contribution in [0.2, 0.25) is 0 Å². The molecule has 25 heavy (non-hydrogen) atoms. The van der Waals surface area contributed by atoms with E-state index in [1.807, 2.05) is 36.0 Å². The number of anilines is 1. The predicted octanol–water partition coefficient (Wildman–Crippen LogP) is 2.33. The average Bonchev–Trinajstić information content (AvgIpc) is 3.21. The lowest BCUT2D eigenvalue weighted by Crippen LogP contribution is -2.51. The monoisotopic (exact) mass is 352 g/mol.